The number of nitrogens with zero attached hydrogens (tertiary/aromatic N) is 3. The van der Waals surface area contributed by atoms with Gasteiger partial charge in [0.25, 0.3) is 5.91 Å². The van der Waals surface area contributed by atoms with Gasteiger partial charge in [0.2, 0.25) is 0 Å². The number of carbonyl (C=O) groups excluding carboxylic acids is 2. The summed E-state index contributed by atoms with van der Waals surface area (Å²) in [5.41, 5.74) is 0.854. The molecule has 1 N–H and O–H groups in total. The maximum atomic E-state index is 12.4. The largest absolute Gasteiger partial charge is 0.480 e. The number of likely N-dealkylation sites (tertiary alicyclic amines) is 1. The van der Waals surface area contributed by atoms with Gasteiger partial charge in [0.15, 0.2) is 12.4 Å². The fourth-order valence-corrected chi connectivity index (χ4v) is 3.44. The minimum Gasteiger partial charge on any atom is -0.480 e. The van der Waals surface area contributed by atoms with Crippen LogP contribution in [0, 0.1) is 19.3 Å². The second kappa shape index (κ2) is 8.01. The Labute approximate surface area is 167 Å². The first-order valence-electron chi connectivity index (χ1n) is 9.70. The molecule has 0 saturated carbocycles. The van der Waals surface area contributed by atoms with Crippen molar-refractivity contribution in [2.24, 2.45) is 12.5 Å². The maximum Gasteiger partial charge on any atom is 0.410 e. The summed E-state index contributed by atoms with van der Waals surface area (Å²) in [5, 5.41) is 7.35. The van der Waals surface area contributed by atoms with Gasteiger partial charge in [0.1, 0.15) is 11.3 Å². The molecule has 1 saturated heterocycles. The average molecular weight is 395 g/mol. The lowest BCUT2D eigenvalue weighted by Gasteiger charge is -2.44. The molecule has 2 heterocycles. The highest BCUT2D eigenvalue weighted by molar-refractivity contribution is 5.78. The van der Waals surface area contributed by atoms with Gasteiger partial charge >= 0.3 is 6.09 Å². The fraction of sp³-hybridized carbons (Fsp3) is 0.750. The Morgan fingerprint density at radius 3 is 2.43 bits per heavy atom. The molecule has 28 heavy (non-hydrogen) atoms. The molecule has 8 nitrogen and oxygen atoms in total. The molecule has 1 aliphatic heterocycles. The number of amides is 2. The summed E-state index contributed by atoms with van der Waals surface area (Å²) >= 11 is 0. The molecule has 2 amide bonds. The second-order valence-corrected chi connectivity index (χ2v) is 9.21. The lowest BCUT2D eigenvalue weighted by Crippen LogP contribution is -2.57. The van der Waals surface area contributed by atoms with Crippen molar-refractivity contribution in [3.63, 3.8) is 0 Å². The quantitative estimate of drug-likeness (QED) is 0.848. The van der Waals surface area contributed by atoms with Gasteiger partial charge in [-0.25, -0.2) is 4.79 Å². The minimum absolute atomic E-state index is 0.0432. The lowest BCUT2D eigenvalue weighted by atomic mass is 9.79. The van der Waals surface area contributed by atoms with Gasteiger partial charge in [0.05, 0.1) is 5.69 Å². The molecule has 0 radical (unpaired) electrons. The average Bonchev–Trinajstić information content (AvgIpc) is 2.78. The Balaban J connectivity index is 1.90. The predicted molar refractivity (Wildman–Crippen MR) is 106 cm³/mol. The molecule has 8 heteroatoms. The third kappa shape index (κ3) is 5.39. The van der Waals surface area contributed by atoms with Crippen LogP contribution >= 0.6 is 0 Å². The number of aryl methyl sites for hydroxylation is 2. The Hall–Kier alpha value is -2.25. The summed E-state index contributed by atoms with van der Waals surface area (Å²) in [6.45, 7) is 14.4. The Bertz CT molecular complexity index is 733. The number of hydrogen-bond donors (Lipinski definition) is 1. The van der Waals surface area contributed by atoms with Gasteiger partial charge in [-0.2, -0.15) is 5.10 Å². The molecule has 158 valence electrons. The van der Waals surface area contributed by atoms with Crippen molar-refractivity contribution in [1.82, 2.24) is 20.0 Å². The third-order valence-corrected chi connectivity index (χ3v) is 5.01. The van der Waals surface area contributed by atoms with Gasteiger partial charge < -0.3 is 19.7 Å². The topological polar surface area (TPSA) is 85.7 Å². The van der Waals surface area contributed by atoms with Crippen LogP contribution in [0.2, 0.25) is 0 Å². The van der Waals surface area contributed by atoms with E-state index in [2.05, 4.69) is 10.4 Å². The summed E-state index contributed by atoms with van der Waals surface area (Å²) in [6, 6.07) is -0.0432. The van der Waals surface area contributed by atoms with E-state index in [9.17, 15) is 9.59 Å². The van der Waals surface area contributed by atoms with E-state index in [0.717, 1.165) is 11.4 Å². The zero-order valence-corrected chi connectivity index (χ0v) is 18.4. The van der Waals surface area contributed by atoms with Gasteiger partial charge in [-0.05, 0) is 41.0 Å². The number of carbonyl (C=O) groups is 2. The number of aromatic nitrogens is 2. The molecule has 2 rings (SSSR count). The number of ether oxygens (including phenoxy) is 2. The fourth-order valence-electron chi connectivity index (χ4n) is 3.44. The number of hydrogen-bond acceptors (Lipinski definition) is 5. The van der Waals surface area contributed by atoms with Crippen molar-refractivity contribution in [2.45, 2.75) is 66.5 Å². The van der Waals surface area contributed by atoms with E-state index in [1.165, 1.54) is 0 Å². The monoisotopic (exact) mass is 394 g/mol. The van der Waals surface area contributed by atoms with Crippen LogP contribution in [0.1, 0.15) is 52.4 Å². The van der Waals surface area contributed by atoms with Gasteiger partial charge in [-0.15, -0.1) is 0 Å². The number of nitrogens with one attached hydrogen (secondary N) is 1. The third-order valence-electron chi connectivity index (χ3n) is 5.01. The number of rotatable bonds is 4. The summed E-state index contributed by atoms with van der Waals surface area (Å²) in [4.78, 5) is 26.5. The van der Waals surface area contributed by atoms with E-state index in [0.29, 0.717) is 25.3 Å². The van der Waals surface area contributed by atoms with Crippen LogP contribution < -0.4 is 10.1 Å². The first-order valence-corrected chi connectivity index (χ1v) is 9.70. The van der Waals surface area contributed by atoms with Crippen molar-refractivity contribution in [1.29, 1.82) is 0 Å². The van der Waals surface area contributed by atoms with Crippen molar-refractivity contribution >= 4 is 12.0 Å². The zero-order valence-electron chi connectivity index (χ0n) is 18.4. The highest BCUT2D eigenvalue weighted by Crippen LogP contribution is 2.30. The highest BCUT2D eigenvalue weighted by Gasteiger charge is 2.39. The zero-order chi connectivity index (χ0) is 21.3. The summed E-state index contributed by atoms with van der Waals surface area (Å²) in [7, 11) is 1.84. The molecule has 1 aromatic rings. The molecule has 0 spiro atoms. The molecule has 1 fully saturated rings. The molecule has 0 unspecified atom stereocenters. The Morgan fingerprint density at radius 2 is 1.93 bits per heavy atom. The standard InChI is InChI=1S/C20H34N4O4/c1-13-17(14(2)23(8)22-13)27-11-16(25)21-15-9-10-24(12-20(15,6)7)18(26)28-19(3,4)5/h15H,9-12H2,1-8H3,(H,21,25)/t15-/m1/s1. The van der Waals surface area contributed by atoms with E-state index in [-0.39, 0.29) is 30.1 Å². The van der Waals surface area contributed by atoms with Crippen LogP contribution in [0.4, 0.5) is 4.79 Å². The van der Waals surface area contributed by atoms with Gasteiger partial charge in [-0.1, -0.05) is 13.8 Å². The summed E-state index contributed by atoms with van der Waals surface area (Å²) < 4.78 is 12.9. The van der Waals surface area contributed by atoms with E-state index in [1.54, 1.807) is 9.58 Å². The Morgan fingerprint density at radius 1 is 1.29 bits per heavy atom. The smallest absolute Gasteiger partial charge is 0.410 e. The van der Waals surface area contributed by atoms with E-state index in [1.807, 2.05) is 55.5 Å². The van der Waals surface area contributed by atoms with Crippen molar-refractivity contribution < 1.29 is 19.1 Å². The van der Waals surface area contributed by atoms with Gasteiger partial charge in [-0.3, -0.25) is 9.48 Å². The molecule has 0 aliphatic carbocycles. The Kier molecular flexibility index (Phi) is 6.31. The van der Waals surface area contributed by atoms with Crippen molar-refractivity contribution in [3.05, 3.63) is 11.4 Å². The van der Waals surface area contributed by atoms with Crippen LogP contribution in [0.3, 0.4) is 0 Å². The van der Waals surface area contributed by atoms with Crippen LogP contribution in [0.25, 0.3) is 0 Å². The lowest BCUT2D eigenvalue weighted by molar-refractivity contribution is -0.125. The predicted octanol–water partition coefficient (Wildman–Crippen LogP) is 2.57. The summed E-state index contributed by atoms with van der Waals surface area (Å²) in [6.07, 6.45) is 0.361. The summed E-state index contributed by atoms with van der Waals surface area (Å²) in [5.74, 6) is 0.475. The second-order valence-electron chi connectivity index (χ2n) is 9.21. The van der Waals surface area contributed by atoms with Crippen LogP contribution in [-0.2, 0) is 16.6 Å². The molecule has 1 aromatic heterocycles. The van der Waals surface area contributed by atoms with Crippen LogP contribution in [-0.4, -0.2) is 58.0 Å². The van der Waals surface area contributed by atoms with Gasteiger partial charge in [0, 0.05) is 31.6 Å². The minimum atomic E-state index is -0.522. The molecule has 1 aliphatic rings. The molecule has 0 bridgehead atoms. The first kappa shape index (κ1) is 22.0. The molecular weight excluding hydrogens is 360 g/mol. The van der Waals surface area contributed by atoms with E-state index in [4.69, 9.17) is 9.47 Å². The van der Waals surface area contributed by atoms with Crippen molar-refractivity contribution in [2.75, 3.05) is 19.7 Å². The van der Waals surface area contributed by atoms with E-state index < -0.39 is 5.60 Å². The number of piperidine rings is 1. The molecule has 0 aromatic carbocycles. The SMILES string of the molecule is Cc1nn(C)c(C)c1OCC(=O)N[C@@H]1CCN(C(=O)OC(C)(C)C)CC1(C)C. The molecular formula is C20H34N4O4. The van der Waals surface area contributed by atoms with Crippen LogP contribution in [0.15, 0.2) is 0 Å². The van der Waals surface area contributed by atoms with E-state index >= 15 is 0 Å². The highest BCUT2D eigenvalue weighted by atomic mass is 16.6. The normalized spacial score (nSPS) is 19.3. The molecule has 1 atom stereocenters. The first-order chi connectivity index (χ1) is 12.8. The van der Waals surface area contributed by atoms with Crippen molar-refractivity contribution in [3.8, 4) is 5.75 Å². The maximum absolute atomic E-state index is 12.4. The van der Waals surface area contributed by atoms with Crippen LogP contribution in [0.5, 0.6) is 5.75 Å².